The molecule has 41 heavy (non-hydrogen) atoms. The van der Waals surface area contributed by atoms with Gasteiger partial charge in [0.1, 0.15) is 29.0 Å². The summed E-state index contributed by atoms with van der Waals surface area (Å²) in [6, 6.07) is 7.01. The number of nitrogens with zero attached hydrogens (tertiary/aromatic N) is 3. The van der Waals surface area contributed by atoms with E-state index in [0.717, 1.165) is 10.7 Å². The van der Waals surface area contributed by atoms with Crippen molar-refractivity contribution in [1.82, 2.24) is 19.4 Å². The monoisotopic (exact) mass is 624 g/mol. The van der Waals surface area contributed by atoms with Crippen LogP contribution in [0.15, 0.2) is 47.4 Å². The fourth-order valence-electron chi connectivity index (χ4n) is 5.59. The van der Waals surface area contributed by atoms with E-state index in [4.69, 9.17) is 23.2 Å². The minimum Gasteiger partial charge on any atom is -0.343 e. The number of hydrogen-bond acceptors (Lipinski definition) is 5. The number of fused-ring (bicyclic) bond motifs is 1. The standard InChI is InChI=1S/C28H31Cl2FN4O5S/c1-16(2)33-15-25-34(41(39,40)24-11-8-19(29)13-21(24)30)14-22(32-26(36)18-4-3-5-18)27(37)35(25)23(28(33)38)12-17-6-9-20(31)10-7-17/h6-11,13,16,18,22-23,25H,3-5,12,14-15H2,1-2H3,(H,32,36). The second-order valence-corrected chi connectivity index (χ2v) is 13.7. The lowest BCUT2D eigenvalue weighted by Gasteiger charge is -2.54. The van der Waals surface area contributed by atoms with Crippen molar-refractivity contribution >= 4 is 50.9 Å². The van der Waals surface area contributed by atoms with Gasteiger partial charge in [-0.25, -0.2) is 12.8 Å². The average Bonchev–Trinajstić information content (AvgIpc) is 2.86. The van der Waals surface area contributed by atoms with Gasteiger partial charge in [-0.05, 0) is 62.6 Å². The molecule has 0 radical (unpaired) electrons. The number of benzene rings is 2. The first-order chi connectivity index (χ1) is 19.4. The molecule has 1 N–H and O–H groups in total. The number of sulfonamides is 1. The van der Waals surface area contributed by atoms with Gasteiger partial charge in [0, 0.05) is 29.9 Å². The Hall–Kier alpha value is -2.73. The van der Waals surface area contributed by atoms with E-state index in [2.05, 4.69) is 5.32 Å². The van der Waals surface area contributed by atoms with Crippen LogP contribution in [0.1, 0.15) is 38.7 Å². The lowest BCUT2D eigenvalue weighted by Crippen LogP contribution is -2.76. The summed E-state index contributed by atoms with van der Waals surface area (Å²) in [6.07, 6.45) is 1.25. The third-order valence-electron chi connectivity index (χ3n) is 8.07. The highest BCUT2D eigenvalue weighted by Crippen LogP contribution is 2.35. The summed E-state index contributed by atoms with van der Waals surface area (Å²) >= 11 is 12.4. The van der Waals surface area contributed by atoms with Gasteiger partial charge < -0.3 is 15.1 Å². The van der Waals surface area contributed by atoms with E-state index in [1.807, 2.05) is 13.8 Å². The molecule has 9 nitrogen and oxygen atoms in total. The van der Waals surface area contributed by atoms with Crippen LogP contribution in [-0.4, -0.2) is 77.6 Å². The van der Waals surface area contributed by atoms with E-state index < -0.39 is 40.0 Å². The maximum absolute atomic E-state index is 14.2. The van der Waals surface area contributed by atoms with Crippen LogP contribution in [0.4, 0.5) is 4.39 Å². The van der Waals surface area contributed by atoms with Crippen molar-refractivity contribution in [2.45, 2.75) is 68.7 Å². The number of hydrogen-bond donors (Lipinski definition) is 1. The second kappa shape index (κ2) is 11.5. The van der Waals surface area contributed by atoms with Crippen LogP contribution in [-0.2, 0) is 30.8 Å². The summed E-state index contributed by atoms with van der Waals surface area (Å²) in [6.45, 7) is 3.21. The van der Waals surface area contributed by atoms with Gasteiger partial charge in [0.2, 0.25) is 27.7 Å². The molecule has 220 valence electrons. The molecule has 13 heteroatoms. The van der Waals surface area contributed by atoms with Gasteiger partial charge in [0.25, 0.3) is 0 Å². The Kier molecular flexibility index (Phi) is 8.35. The maximum atomic E-state index is 14.2. The molecule has 1 aliphatic carbocycles. The Morgan fingerprint density at radius 3 is 2.32 bits per heavy atom. The number of carbonyl (C=O) groups is 3. The summed E-state index contributed by atoms with van der Waals surface area (Å²) in [5, 5.41) is 2.92. The molecule has 3 atom stereocenters. The van der Waals surface area contributed by atoms with Crippen molar-refractivity contribution in [1.29, 1.82) is 0 Å². The van der Waals surface area contributed by atoms with Crippen LogP contribution < -0.4 is 5.32 Å². The first-order valence-corrected chi connectivity index (χ1v) is 15.7. The van der Waals surface area contributed by atoms with Gasteiger partial charge in [-0.15, -0.1) is 0 Å². The molecule has 1 saturated carbocycles. The SMILES string of the molecule is CC(C)N1CC2N(C(=O)C(NC(=O)C3CCC3)CN2S(=O)(=O)c2ccc(Cl)cc2Cl)C(Cc2ccc(F)cc2)C1=O. The summed E-state index contributed by atoms with van der Waals surface area (Å²) in [5.74, 6) is -1.92. The molecule has 2 saturated heterocycles. The molecule has 3 aliphatic rings. The van der Waals surface area contributed by atoms with E-state index in [1.54, 1.807) is 4.90 Å². The van der Waals surface area contributed by atoms with E-state index in [9.17, 15) is 27.2 Å². The topological polar surface area (TPSA) is 107 Å². The molecule has 0 spiro atoms. The fraction of sp³-hybridized carbons (Fsp3) is 0.464. The minimum absolute atomic E-state index is 0.0312. The molecular weight excluding hydrogens is 594 g/mol. The third-order valence-corrected chi connectivity index (χ3v) is 10.7. The van der Waals surface area contributed by atoms with Gasteiger partial charge >= 0.3 is 0 Å². The maximum Gasteiger partial charge on any atom is 0.248 e. The predicted octanol–water partition coefficient (Wildman–Crippen LogP) is 3.44. The number of amides is 3. The van der Waals surface area contributed by atoms with Gasteiger partial charge in [0.15, 0.2) is 0 Å². The average molecular weight is 626 g/mol. The van der Waals surface area contributed by atoms with Crippen LogP contribution in [0, 0.1) is 11.7 Å². The van der Waals surface area contributed by atoms with Gasteiger partial charge in [-0.2, -0.15) is 4.31 Å². The van der Waals surface area contributed by atoms with Crippen molar-refractivity contribution in [3.05, 3.63) is 63.9 Å². The Balaban J connectivity index is 1.59. The zero-order valence-corrected chi connectivity index (χ0v) is 24.9. The molecule has 2 aromatic carbocycles. The molecule has 0 aromatic heterocycles. The first-order valence-electron chi connectivity index (χ1n) is 13.5. The van der Waals surface area contributed by atoms with Crippen molar-refractivity contribution < 1.29 is 27.2 Å². The largest absolute Gasteiger partial charge is 0.343 e. The summed E-state index contributed by atoms with van der Waals surface area (Å²) in [7, 11) is -4.34. The van der Waals surface area contributed by atoms with Crippen molar-refractivity contribution in [2.24, 2.45) is 5.92 Å². The normalized spacial score (nSPS) is 23.9. The minimum atomic E-state index is -4.34. The molecule has 3 fully saturated rings. The van der Waals surface area contributed by atoms with Crippen LogP contribution >= 0.6 is 23.2 Å². The highest BCUT2D eigenvalue weighted by atomic mass is 35.5. The Bertz CT molecular complexity index is 1470. The molecule has 5 rings (SSSR count). The van der Waals surface area contributed by atoms with Crippen molar-refractivity contribution in [2.75, 3.05) is 13.1 Å². The van der Waals surface area contributed by atoms with Gasteiger partial charge in [0.05, 0.1) is 11.6 Å². The lowest BCUT2D eigenvalue weighted by atomic mass is 9.84. The smallest absolute Gasteiger partial charge is 0.248 e. The van der Waals surface area contributed by atoms with Gasteiger partial charge in [-0.3, -0.25) is 14.4 Å². The fourth-order valence-corrected chi connectivity index (χ4v) is 7.93. The quantitative estimate of drug-likeness (QED) is 0.508. The molecular formula is C28H31Cl2FN4O5S. The summed E-state index contributed by atoms with van der Waals surface area (Å²) in [5.41, 5.74) is 0.595. The van der Waals surface area contributed by atoms with Crippen LogP contribution in [0.5, 0.6) is 0 Å². The zero-order valence-electron chi connectivity index (χ0n) is 22.6. The number of piperazine rings is 1. The van der Waals surface area contributed by atoms with E-state index in [-0.39, 0.29) is 58.2 Å². The van der Waals surface area contributed by atoms with Crippen LogP contribution in [0.2, 0.25) is 10.0 Å². The molecule has 3 amide bonds. The lowest BCUT2D eigenvalue weighted by molar-refractivity contribution is -0.169. The highest BCUT2D eigenvalue weighted by Gasteiger charge is 2.54. The number of nitrogens with one attached hydrogen (secondary N) is 1. The third kappa shape index (κ3) is 5.69. The second-order valence-electron chi connectivity index (χ2n) is 11.0. The van der Waals surface area contributed by atoms with Crippen molar-refractivity contribution in [3.63, 3.8) is 0 Å². The Morgan fingerprint density at radius 1 is 1.05 bits per heavy atom. The molecule has 0 bridgehead atoms. The van der Waals surface area contributed by atoms with Gasteiger partial charge in [-0.1, -0.05) is 41.8 Å². The number of rotatable bonds is 7. The number of halogens is 3. The first kappa shape index (κ1) is 29.8. The predicted molar refractivity (Wildman–Crippen MR) is 151 cm³/mol. The Labute approximate surface area is 248 Å². The zero-order chi connectivity index (χ0) is 29.6. The van der Waals surface area contributed by atoms with Crippen LogP contribution in [0.3, 0.4) is 0 Å². The summed E-state index contributed by atoms with van der Waals surface area (Å²) in [4.78, 5) is 43.4. The molecule has 3 unspecified atom stereocenters. The van der Waals surface area contributed by atoms with Crippen molar-refractivity contribution in [3.8, 4) is 0 Å². The summed E-state index contributed by atoms with van der Waals surface area (Å²) < 4.78 is 43.1. The van der Waals surface area contributed by atoms with E-state index in [0.29, 0.717) is 18.4 Å². The Morgan fingerprint density at radius 2 is 1.73 bits per heavy atom. The highest BCUT2D eigenvalue weighted by molar-refractivity contribution is 7.89. The molecule has 2 aromatic rings. The van der Waals surface area contributed by atoms with Crippen LogP contribution in [0.25, 0.3) is 0 Å². The number of carbonyl (C=O) groups excluding carboxylic acids is 3. The van der Waals surface area contributed by atoms with E-state index in [1.165, 1.54) is 47.4 Å². The molecule has 2 aliphatic heterocycles. The molecule has 2 heterocycles. The van der Waals surface area contributed by atoms with E-state index >= 15 is 0 Å².